The first-order valence-electron chi connectivity index (χ1n) is 8.41. The van der Waals surface area contributed by atoms with Crippen LogP contribution >= 0.6 is 0 Å². The fraction of sp³-hybridized carbons (Fsp3) is 0.143. The van der Waals surface area contributed by atoms with Crippen LogP contribution in [0.3, 0.4) is 0 Å². The smallest absolute Gasteiger partial charge is 0.270 e. The number of ether oxygens (including phenoxy) is 1. The van der Waals surface area contributed by atoms with Gasteiger partial charge in [-0.3, -0.25) is 9.78 Å². The largest absolute Gasteiger partial charge is 0.494 e. The molecule has 0 atom stereocenters. The van der Waals surface area contributed by atoms with Gasteiger partial charge in [0, 0.05) is 36.9 Å². The van der Waals surface area contributed by atoms with E-state index in [1.807, 2.05) is 72.2 Å². The van der Waals surface area contributed by atoms with Crippen molar-refractivity contribution in [3.05, 3.63) is 78.2 Å². The first-order chi connectivity index (χ1) is 12.7. The summed E-state index contributed by atoms with van der Waals surface area (Å²) in [4.78, 5) is 19.1. The van der Waals surface area contributed by atoms with Crippen molar-refractivity contribution in [2.45, 2.75) is 6.54 Å². The number of carbonyl (C=O) groups excluding carboxylic acids is 1. The molecule has 5 nitrogen and oxygen atoms in total. The summed E-state index contributed by atoms with van der Waals surface area (Å²) in [6.45, 7) is 0.491. The van der Waals surface area contributed by atoms with Gasteiger partial charge in [-0.15, -0.1) is 0 Å². The van der Waals surface area contributed by atoms with Crippen LogP contribution in [0, 0.1) is 0 Å². The summed E-state index contributed by atoms with van der Waals surface area (Å²) in [5.41, 5.74) is 3.49. The third-order valence-corrected chi connectivity index (χ3v) is 4.58. The lowest BCUT2D eigenvalue weighted by Gasteiger charge is -2.19. The molecule has 0 radical (unpaired) electrons. The molecule has 3 aromatic heterocycles. The summed E-state index contributed by atoms with van der Waals surface area (Å²) in [5.74, 6) is 0.708. The molecule has 0 N–H and O–H groups in total. The Labute approximate surface area is 151 Å². The monoisotopic (exact) mass is 345 g/mol. The highest BCUT2D eigenvalue weighted by atomic mass is 16.5. The molecule has 0 fully saturated rings. The number of aromatic nitrogens is 2. The van der Waals surface area contributed by atoms with E-state index in [0.717, 1.165) is 27.7 Å². The zero-order chi connectivity index (χ0) is 18.1. The molecule has 0 aliphatic rings. The van der Waals surface area contributed by atoms with E-state index in [1.54, 1.807) is 18.2 Å². The molecule has 0 saturated carbocycles. The summed E-state index contributed by atoms with van der Waals surface area (Å²) >= 11 is 0. The minimum atomic E-state index is -0.0240. The minimum absolute atomic E-state index is 0.0240. The zero-order valence-corrected chi connectivity index (χ0v) is 14.7. The third-order valence-electron chi connectivity index (χ3n) is 4.58. The average molecular weight is 345 g/mol. The van der Waals surface area contributed by atoms with Crippen molar-refractivity contribution < 1.29 is 9.53 Å². The van der Waals surface area contributed by atoms with Crippen LogP contribution in [0.5, 0.6) is 5.75 Å². The zero-order valence-electron chi connectivity index (χ0n) is 14.7. The van der Waals surface area contributed by atoms with Crippen molar-refractivity contribution in [2.75, 3.05) is 14.2 Å². The number of benzene rings is 1. The number of carbonyl (C=O) groups is 1. The van der Waals surface area contributed by atoms with Gasteiger partial charge in [-0.1, -0.05) is 18.2 Å². The van der Waals surface area contributed by atoms with Gasteiger partial charge < -0.3 is 14.0 Å². The Balaban J connectivity index is 1.67. The van der Waals surface area contributed by atoms with Crippen LogP contribution in [0.4, 0.5) is 0 Å². The molecule has 0 saturated heterocycles. The quantitative estimate of drug-likeness (QED) is 0.566. The Bertz CT molecular complexity index is 1100. The first kappa shape index (κ1) is 16.1. The fourth-order valence-electron chi connectivity index (χ4n) is 3.26. The van der Waals surface area contributed by atoms with Crippen LogP contribution in [-0.4, -0.2) is 34.3 Å². The lowest BCUT2D eigenvalue weighted by molar-refractivity contribution is 0.0779. The Morgan fingerprint density at radius 2 is 2.00 bits per heavy atom. The highest BCUT2D eigenvalue weighted by Crippen LogP contribution is 2.27. The predicted octanol–water partition coefficient (Wildman–Crippen LogP) is 3.77. The first-order valence-corrected chi connectivity index (χ1v) is 8.41. The molecular formula is C21H19N3O2. The van der Waals surface area contributed by atoms with Gasteiger partial charge in [-0.05, 0) is 42.0 Å². The Hall–Kier alpha value is -3.34. The molecule has 1 amide bonds. The normalized spacial score (nSPS) is 11.0. The Kier molecular flexibility index (Phi) is 4.05. The number of amides is 1. The Morgan fingerprint density at radius 1 is 1.12 bits per heavy atom. The van der Waals surface area contributed by atoms with E-state index in [1.165, 1.54) is 0 Å². The predicted molar refractivity (Wildman–Crippen MR) is 101 cm³/mol. The summed E-state index contributed by atoms with van der Waals surface area (Å²) in [7, 11) is 3.45. The van der Waals surface area contributed by atoms with Gasteiger partial charge in [0.25, 0.3) is 5.91 Å². The lowest BCUT2D eigenvalue weighted by Crippen LogP contribution is -2.27. The van der Waals surface area contributed by atoms with Crippen molar-refractivity contribution >= 4 is 22.3 Å². The number of rotatable bonds is 4. The van der Waals surface area contributed by atoms with Gasteiger partial charge in [-0.25, -0.2) is 0 Å². The van der Waals surface area contributed by atoms with Crippen LogP contribution in [-0.2, 0) is 6.54 Å². The van der Waals surface area contributed by atoms with Gasteiger partial charge in [0.15, 0.2) is 0 Å². The van der Waals surface area contributed by atoms with Gasteiger partial charge in [0.2, 0.25) is 0 Å². The van der Waals surface area contributed by atoms with Crippen molar-refractivity contribution in [1.82, 2.24) is 14.3 Å². The highest BCUT2D eigenvalue weighted by molar-refractivity contribution is 5.94. The molecule has 4 rings (SSSR count). The number of hydrogen-bond donors (Lipinski definition) is 0. The molecule has 130 valence electrons. The van der Waals surface area contributed by atoms with Crippen LogP contribution < -0.4 is 4.74 Å². The number of nitrogens with zero attached hydrogens (tertiary/aromatic N) is 3. The number of methoxy groups -OCH3 is 1. The second-order valence-electron chi connectivity index (χ2n) is 6.20. The van der Waals surface area contributed by atoms with E-state index in [9.17, 15) is 4.79 Å². The molecular weight excluding hydrogens is 326 g/mol. The number of hydrogen-bond acceptors (Lipinski definition) is 3. The Morgan fingerprint density at radius 3 is 2.85 bits per heavy atom. The average Bonchev–Trinajstić information content (AvgIpc) is 3.11. The standard InChI is InChI=1S/C21H19N3O2/c1-23(21(25)18-10-9-16-6-3-4-13-24(16)18)14-15-8-11-19(26-2)20-17(15)7-5-12-22-20/h3-13H,14H2,1-2H3. The summed E-state index contributed by atoms with van der Waals surface area (Å²) < 4.78 is 7.30. The second kappa shape index (κ2) is 6.52. The molecule has 5 heteroatoms. The van der Waals surface area contributed by atoms with E-state index in [2.05, 4.69) is 4.98 Å². The number of fused-ring (bicyclic) bond motifs is 2. The maximum absolute atomic E-state index is 12.9. The summed E-state index contributed by atoms with van der Waals surface area (Å²) in [6.07, 6.45) is 3.65. The molecule has 0 aliphatic carbocycles. The molecule has 4 aromatic rings. The molecule has 0 aliphatic heterocycles. The summed E-state index contributed by atoms with van der Waals surface area (Å²) in [6, 6.07) is 17.5. The third kappa shape index (κ3) is 2.67. The highest BCUT2D eigenvalue weighted by Gasteiger charge is 2.17. The lowest BCUT2D eigenvalue weighted by atomic mass is 10.1. The van der Waals surface area contributed by atoms with Crippen molar-refractivity contribution in [2.24, 2.45) is 0 Å². The van der Waals surface area contributed by atoms with E-state index in [4.69, 9.17) is 4.74 Å². The van der Waals surface area contributed by atoms with Crippen molar-refractivity contribution in [3.63, 3.8) is 0 Å². The van der Waals surface area contributed by atoms with E-state index in [0.29, 0.717) is 12.2 Å². The maximum atomic E-state index is 12.9. The van der Waals surface area contributed by atoms with E-state index < -0.39 is 0 Å². The van der Waals surface area contributed by atoms with Crippen LogP contribution in [0.15, 0.2) is 67.0 Å². The second-order valence-corrected chi connectivity index (χ2v) is 6.20. The molecule has 1 aromatic carbocycles. The minimum Gasteiger partial charge on any atom is -0.494 e. The van der Waals surface area contributed by atoms with E-state index >= 15 is 0 Å². The van der Waals surface area contributed by atoms with Gasteiger partial charge in [0.05, 0.1) is 7.11 Å². The molecule has 26 heavy (non-hydrogen) atoms. The van der Waals surface area contributed by atoms with Gasteiger partial charge in [0.1, 0.15) is 17.0 Å². The number of pyridine rings is 2. The van der Waals surface area contributed by atoms with Crippen LogP contribution in [0.2, 0.25) is 0 Å². The van der Waals surface area contributed by atoms with Gasteiger partial charge >= 0.3 is 0 Å². The fourth-order valence-corrected chi connectivity index (χ4v) is 3.26. The van der Waals surface area contributed by atoms with Gasteiger partial charge in [-0.2, -0.15) is 0 Å². The molecule has 0 unspecified atom stereocenters. The van der Waals surface area contributed by atoms with Crippen molar-refractivity contribution in [3.8, 4) is 5.75 Å². The van der Waals surface area contributed by atoms with E-state index in [-0.39, 0.29) is 5.91 Å². The van der Waals surface area contributed by atoms with Crippen LogP contribution in [0.1, 0.15) is 16.1 Å². The SMILES string of the molecule is COc1ccc(CN(C)C(=O)c2ccc3ccccn23)c2cccnc12. The maximum Gasteiger partial charge on any atom is 0.270 e. The van der Waals surface area contributed by atoms with Crippen molar-refractivity contribution in [1.29, 1.82) is 0 Å². The van der Waals surface area contributed by atoms with Crippen LogP contribution in [0.25, 0.3) is 16.4 Å². The molecule has 0 bridgehead atoms. The molecule has 3 heterocycles. The topological polar surface area (TPSA) is 46.8 Å². The molecule has 0 spiro atoms. The summed E-state index contributed by atoms with van der Waals surface area (Å²) in [5, 5.41) is 0.992.